The Morgan fingerprint density at radius 3 is 2.25 bits per heavy atom. The first-order valence-electron chi connectivity index (χ1n) is 4.67. The summed E-state index contributed by atoms with van der Waals surface area (Å²) in [6, 6.07) is 0. The first-order chi connectivity index (χ1) is 5.76. The van der Waals surface area contributed by atoms with Crippen LogP contribution in [-0.2, 0) is 4.74 Å². The maximum absolute atomic E-state index is 11.2. The maximum atomic E-state index is 11.2. The fourth-order valence-corrected chi connectivity index (χ4v) is 0.877. The smallest absolute Gasteiger partial charge is 0.409 e. The molecule has 0 saturated heterocycles. The predicted octanol–water partition coefficient (Wildman–Crippen LogP) is 2.26. The standard InChI is InChI=1S/C9H19NO2/c1-4-7-8-12-9(11)10(5-2)6-3/h4-8H2,1-3H3. The van der Waals surface area contributed by atoms with Crippen molar-refractivity contribution in [1.82, 2.24) is 4.90 Å². The lowest BCUT2D eigenvalue weighted by Crippen LogP contribution is -2.31. The molecule has 72 valence electrons. The van der Waals surface area contributed by atoms with Crippen molar-refractivity contribution >= 4 is 6.09 Å². The molecule has 0 radical (unpaired) electrons. The average molecular weight is 173 g/mol. The second-order valence-corrected chi connectivity index (χ2v) is 2.64. The van der Waals surface area contributed by atoms with Crippen molar-refractivity contribution < 1.29 is 9.53 Å². The molecule has 0 atom stereocenters. The molecule has 12 heavy (non-hydrogen) atoms. The van der Waals surface area contributed by atoms with Crippen molar-refractivity contribution in [3.05, 3.63) is 0 Å². The molecule has 0 aromatic heterocycles. The molecule has 0 rings (SSSR count). The Morgan fingerprint density at radius 2 is 1.83 bits per heavy atom. The van der Waals surface area contributed by atoms with Gasteiger partial charge in [0.25, 0.3) is 0 Å². The van der Waals surface area contributed by atoms with Gasteiger partial charge < -0.3 is 9.64 Å². The van der Waals surface area contributed by atoms with E-state index in [1.165, 1.54) is 0 Å². The lowest BCUT2D eigenvalue weighted by molar-refractivity contribution is 0.105. The van der Waals surface area contributed by atoms with E-state index in [1.54, 1.807) is 4.90 Å². The van der Waals surface area contributed by atoms with Gasteiger partial charge in [-0.05, 0) is 20.3 Å². The van der Waals surface area contributed by atoms with Gasteiger partial charge in [-0.25, -0.2) is 4.79 Å². The van der Waals surface area contributed by atoms with Crippen molar-refractivity contribution in [2.75, 3.05) is 19.7 Å². The van der Waals surface area contributed by atoms with E-state index in [0.717, 1.165) is 25.9 Å². The summed E-state index contributed by atoms with van der Waals surface area (Å²) in [5, 5.41) is 0. The molecule has 0 spiro atoms. The molecule has 0 aliphatic rings. The Morgan fingerprint density at radius 1 is 1.25 bits per heavy atom. The van der Waals surface area contributed by atoms with Crippen LogP contribution in [0.5, 0.6) is 0 Å². The van der Waals surface area contributed by atoms with E-state index in [0.29, 0.717) is 6.61 Å². The van der Waals surface area contributed by atoms with Crippen LogP contribution in [-0.4, -0.2) is 30.7 Å². The van der Waals surface area contributed by atoms with E-state index in [4.69, 9.17) is 4.74 Å². The highest BCUT2D eigenvalue weighted by Crippen LogP contribution is 1.95. The number of rotatable bonds is 5. The van der Waals surface area contributed by atoms with Crippen LogP contribution in [0.3, 0.4) is 0 Å². The van der Waals surface area contributed by atoms with E-state index in [-0.39, 0.29) is 6.09 Å². The number of hydrogen-bond donors (Lipinski definition) is 0. The number of hydrogen-bond acceptors (Lipinski definition) is 2. The fraction of sp³-hybridized carbons (Fsp3) is 0.889. The van der Waals surface area contributed by atoms with Crippen LogP contribution < -0.4 is 0 Å². The molecule has 0 N–H and O–H groups in total. The first-order valence-corrected chi connectivity index (χ1v) is 4.67. The number of unbranched alkanes of at least 4 members (excludes halogenated alkanes) is 1. The van der Waals surface area contributed by atoms with Gasteiger partial charge in [-0.15, -0.1) is 0 Å². The molecular formula is C9H19NO2. The van der Waals surface area contributed by atoms with Gasteiger partial charge in [0.2, 0.25) is 0 Å². The summed E-state index contributed by atoms with van der Waals surface area (Å²) in [7, 11) is 0. The minimum Gasteiger partial charge on any atom is -0.449 e. The summed E-state index contributed by atoms with van der Waals surface area (Å²) < 4.78 is 5.01. The quantitative estimate of drug-likeness (QED) is 0.597. The third-order valence-electron chi connectivity index (χ3n) is 1.75. The first kappa shape index (κ1) is 11.3. The summed E-state index contributed by atoms with van der Waals surface area (Å²) in [5.41, 5.74) is 0. The molecule has 0 aromatic rings. The Kier molecular flexibility index (Phi) is 6.53. The second-order valence-electron chi connectivity index (χ2n) is 2.64. The Bertz CT molecular complexity index is 122. The Labute approximate surface area is 74.7 Å². The average Bonchev–Trinajstić information content (AvgIpc) is 2.07. The van der Waals surface area contributed by atoms with Crippen molar-refractivity contribution in [1.29, 1.82) is 0 Å². The molecule has 0 saturated carbocycles. The van der Waals surface area contributed by atoms with Crippen LogP contribution in [0.4, 0.5) is 4.79 Å². The molecule has 0 bridgehead atoms. The van der Waals surface area contributed by atoms with E-state index < -0.39 is 0 Å². The van der Waals surface area contributed by atoms with Gasteiger partial charge in [-0.3, -0.25) is 0 Å². The zero-order valence-corrected chi connectivity index (χ0v) is 8.30. The van der Waals surface area contributed by atoms with Crippen LogP contribution in [0.2, 0.25) is 0 Å². The number of nitrogens with zero attached hydrogens (tertiary/aromatic N) is 1. The third kappa shape index (κ3) is 4.21. The zero-order valence-electron chi connectivity index (χ0n) is 8.30. The molecule has 3 nitrogen and oxygen atoms in total. The highest BCUT2D eigenvalue weighted by molar-refractivity contribution is 5.67. The van der Waals surface area contributed by atoms with Crippen LogP contribution in [0.25, 0.3) is 0 Å². The minimum absolute atomic E-state index is 0.187. The number of amides is 1. The SMILES string of the molecule is CCCCOC(=O)N(CC)CC. The summed E-state index contributed by atoms with van der Waals surface area (Å²) in [4.78, 5) is 12.9. The van der Waals surface area contributed by atoms with Gasteiger partial charge in [0.1, 0.15) is 0 Å². The van der Waals surface area contributed by atoms with Crippen LogP contribution in [0.15, 0.2) is 0 Å². The Hall–Kier alpha value is -0.730. The molecule has 3 heteroatoms. The van der Waals surface area contributed by atoms with Crippen LogP contribution >= 0.6 is 0 Å². The highest BCUT2D eigenvalue weighted by atomic mass is 16.6. The van der Waals surface area contributed by atoms with Crippen LogP contribution in [0, 0.1) is 0 Å². The molecule has 0 unspecified atom stereocenters. The van der Waals surface area contributed by atoms with E-state index >= 15 is 0 Å². The minimum atomic E-state index is -0.187. The largest absolute Gasteiger partial charge is 0.449 e. The van der Waals surface area contributed by atoms with Gasteiger partial charge in [-0.1, -0.05) is 13.3 Å². The molecule has 0 heterocycles. The lowest BCUT2D eigenvalue weighted by Gasteiger charge is -2.17. The predicted molar refractivity (Wildman–Crippen MR) is 49.2 cm³/mol. The zero-order chi connectivity index (χ0) is 9.40. The highest BCUT2D eigenvalue weighted by Gasteiger charge is 2.08. The Balaban J connectivity index is 3.54. The summed E-state index contributed by atoms with van der Waals surface area (Å²) in [6.45, 7) is 7.97. The second kappa shape index (κ2) is 6.95. The van der Waals surface area contributed by atoms with E-state index in [9.17, 15) is 4.79 Å². The maximum Gasteiger partial charge on any atom is 0.409 e. The molecule has 0 aliphatic heterocycles. The monoisotopic (exact) mass is 173 g/mol. The van der Waals surface area contributed by atoms with Gasteiger partial charge in [0.05, 0.1) is 6.61 Å². The van der Waals surface area contributed by atoms with Gasteiger partial charge in [0, 0.05) is 13.1 Å². The summed E-state index contributed by atoms with van der Waals surface area (Å²) in [6.07, 6.45) is 1.83. The number of carbonyl (C=O) groups is 1. The van der Waals surface area contributed by atoms with Gasteiger partial charge in [0.15, 0.2) is 0 Å². The number of ether oxygens (including phenoxy) is 1. The van der Waals surface area contributed by atoms with Gasteiger partial charge in [-0.2, -0.15) is 0 Å². The van der Waals surface area contributed by atoms with Crippen molar-refractivity contribution in [2.45, 2.75) is 33.6 Å². The molecular weight excluding hydrogens is 154 g/mol. The lowest BCUT2D eigenvalue weighted by atomic mass is 10.4. The molecule has 0 aromatic carbocycles. The van der Waals surface area contributed by atoms with Crippen molar-refractivity contribution in [3.8, 4) is 0 Å². The van der Waals surface area contributed by atoms with Gasteiger partial charge >= 0.3 is 6.09 Å². The molecule has 1 amide bonds. The molecule has 0 aliphatic carbocycles. The molecule has 0 fully saturated rings. The van der Waals surface area contributed by atoms with Crippen molar-refractivity contribution in [2.24, 2.45) is 0 Å². The normalized spacial score (nSPS) is 9.58. The van der Waals surface area contributed by atoms with E-state index in [1.807, 2.05) is 13.8 Å². The number of carbonyl (C=O) groups excluding carboxylic acids is 1. The topological polar surface area (TPSA) is 29.5 Å². The fourth-order valence-electron chi connectivity index (χ4n) is 0.877. The summed E-state index contributed by atoms with van der Waals surface area (Å²) in [5.74, 6) is 0. The van der Waals surface area contributed by atoms with Crippen LogP contribution in [0.1, 0.15) is 33.6 Å². The summed E-state index contributed by atoms with van der Waals surface area (Å²) >= 11 is 0. The van der Waals surface area contributed by atoms with E-state index in [2.05, 4.69) is 6.92 Å². The van der Waals surface area contributed by atoms with Crippen molar-refractivity contribution in [3.63, 3.8) is 0 Å². The third-order valence-corrected chi connectivity index (χ3v) is 1.75.